The molecule has 0 saturated heterocycles. The number of furan rings is 1. The fourth-order valence-electron chi connectivity index (χ4n) is 2.25. The zero-order valence-electron chi connectivity index (χ0n) is 14.5. The van der Waals surface area contributed by atoms with Gasteiger partial charge in [0.15, 0.2) is 16.4 Å². The van der Waals surface area contributed by atoms with Crippen molar-refractivity contribution in [2.24, 2.45) is 0 Å². The molecule has 1 N–H and O–H groups in total. The highest BCUT2D eigenvalue weighted by molar-refractivity contribution is 7.90. The second-order valence-corrected chi connectivity index (χ2v) is 7.83. The van der Waals surface area contributed by atoms with Crippen molar-refractivity contribution >= 4 is 21.7 Å². The highest BCUT2D eigenvalue weighted by Gasteiger charge is 2.15. The van der Waals surface area contributed by atoms with E-state index in [1.165, 1.54) is 30.5 Å². The van der Waals surface area contributed by atoms with Crippen molar-refractivity contribution in [2.45, 2.75) is 18.7 Å². The summed E-state index contributed by atoms with van der Waals surface area (Å²) in [6.45, 7) is 1.28. The molecule has 0 aliphatic carbocycles. The third-order valence-corrected chi connectivity index (χ3v) is 4.88. The Labute approximate surface area is 156 Å². The molecular weight excluding hydrogens is 372 g/mol. The number of hydrogen-bond donors (Lipinski definition) is 1. The van der Waals surface area contributed by atoms with Crippen LogP contribution in [0.2, 0.25) is 0 Å². The molecule has 1 amide bonds. The minimum atomic E-state index is -3.51. The first-order chi connectivity index (χ1) is 12.8. The summed E-state index contributed by atoms with van der Waals surface area (Å²) in [7, 11) is -3.51. The molecule has 0 saturated carbocycles. The quantitative estimate of drug-likeness (QED) is 0.680. The van der Waals surface area contributed by atoms with Gasteiger partial charge in [0.25, 0.3) is 5.91 Å². The van der Waals surface area contributed by atoms with Crippen LogP contribution in [0, 0.1) is 11.3 Å². The molecular formula is C18H18N2O6S. The SMILES string of the molecule is C[C@@H](NC(=O)COC(=O)c1ccc(CS(=O)(=O)CC#N)cc1)c1ccco1. The Morgan fingerprint density at radius 2 is 1.96 bits per heavy atom. The Balaban J connectivity index is 1.85. The monoisotopic (exact) mass is 390 g/mol. The minimum Gasteiger partial charge on any atom is -0.467 e. The largest absolute Gasteiger partial charge is 0.467 e. The Bertz CT molecular complexity index is 927. The lowest BCUT2D eigenvalue weighted by Gasteiger charge is -2.11. The van der Waals surface area contributed by atoms with Crippen LogP contribution in [0.3, 0.4) is 0 Å². The van der Waals surface area contributed by atoms with Gasteiger partial charge in [-0.15, -0.1) is 0 Å². The molecule has 2 aromatic rings. The molecule has 0 aliphatic heterocycles. The van der Waals surface area contributed by atoms with E-state index in [1.807, 2.05) is 0 Å². The fourth-order valence-corrected chi connectivity index (χ4v) is 3.25. The summed E-state index contributed by atoms with van der Waals surface area (Å²) in [5.74, 6) is -1.46. The van der Waals surface area contributed by atoms with Crippen molar-refractivity contribution in [3.63, 3.8) is 0 Å². The standard InChI is InChI=1S/C18H18N2O6S/c1-13(16-3-2-9-25-16)20-17(21)11-26-18(22)15-6-4-14(5-7-15)12-27(23,24)10-8-19/h2-7,9,13H,10-12H2,1H3,(H,20,21)/t13-/m1/s1. The maximum Gasteiger partial charge on any atom is 0.338 e. The van der Waals surface area contributed by atoms with E-state index in [9.17, 15) is 18.0 Å². The molecule has 0 spiro atoms. The normalized spacial score (nSPS) is 12.0. The topological polar surface area (TPSA) is 126 Å². The van der Waals surface area contributed by atoms with Crippen LogP contribution in [0.25, 0.3) is 0 Å². The van der Waals surface area contributed by atoms with Gasteiger partial charge in [-0.2, -0.15) is 5.26 Å². The van der Waals surface area contributed by atoms with Gasteiger partial charge in [-0.1, -0.05) is 12.1 Å². The third-order valence-electron chi connectivity index (χ3n) is 3.54. The first-order valence-corrected chi connectivity index (χ1v) is 9.79. The van der Waals surface area contributed by atoms with Gasteiger partial charge in [-0.05, 0) is 36.8 Å². The number of nitrogens with zero attached hydrogens (tertiary/aromatic N) is 1. The van der Waals surface area contributed by atoms with Crippen LogP contribution < -0.4 is 5.32 Å². The highest BCUT2D eigenvalue weighted by Crippen LogP contribution is 2.12. The van der Waals surface area contributed by atoms with Crippen LogP contribution in [0.15, 0.2) is 47.1 Å². The van der Waals surface area contributed by atoms with Crippen molar-refractivity contribution in [1.29, 1.82) is 5.26 Å². The maximum atomic E-state index is 12.0. The molecule has 27 heavy (non-hydrogen) atoms. The average molecular weight is 390 g/mol. The van der Waals surface area contributed by atoms with E-state index in [4.69, 9.17) is 14.4 Å². The number of rotatable bonds is 8. The van der Waals surface area contributed by atoms with Crippen molar-refractivity contribution in [2.75, 3.05) is 12.4 Å². The lowest BCUT2D eigenvalue weighted by Crippen LogP contribution is -2.30. The summed E-state index contributed by atoms with van der Waals surface area (Å²) in [5.41, 5.74) is 0.634. The summed E-state index contributed by atoms with van der Waals surface area (Å²) >= 11 is 0. The molecule has 0 aliphatic rings. The molecule has 1 atom stereocenters. The average Bonchev–Trinajstić information content (AvgIpc) is 3.14. The van der Waals surface area contributed by atoms with E-state index in [0.29, 0.717) is 11.3 Å². The van der Waals surface area contributed by atoms with E-state index < -0.39 is 34.1 Å². The number of carbonyl (C=O) groups excluding carboxylic acids is 2. The van der Waals surface area contributed by atoms with Gasteiger partial charge in [0, 0.05) is 0 Å². The molecule has 1 aromatic carbocycles. The van der Waals surface area contributed by atoms with E-state index in [1.54, 1.807) is 25.1 Å². The summed E-state index contributed by atoms with van der Waals surface area (Å²) in [6.07, 6.45) is 1.49. The summed E-state index contributed by atoms with van der Waals surface area (Å²) < 4.78 is 33.3. The minimum absolute atomic E-state index is 0.184. The second kappa shape index (κ2) is 9.00. The van der Waals surface area contributed by atoms with Crippen molar-refractivity contribution < 1.29 is 27.2 Å². The lowest BCUT2D eigenvalue weighted by atomic mass is 10.1. The first-order valence-electron chi connectivity index (χ1n) is 7.97. The van der Waals surface area contributed by atoms with Gasteiger partial charge in [-0.25, -0.2) is 13.2 Å². The van der Waals surface area contributed by atoms with Gasteiger partial charge in [0.2, 0.25) is 0 Å². The van der Waals surface area contributed by atoms with Crippen molar-refractivity contribution in [1.82, 2.24) is 5.32 Å². The van der Waals surface area contributed by atoms with Gasteiger partial charge in [-0.3, -0.25) is 4.79 Å². The van der Waals surface area contributed by atoms with Crippen LogP contribution in [0.4, 0.5) is 0 Å². The Morgan fingerprint density at radius 3 is 2.56 bits per heavy atom. The third kappa shape index (κ3) is 6.27. The van der Waals surface area contributed by atoms with Gasteiger partial charge >= 0.3 is 5.97 Å². The Hall–Kier alpha value is -3.12. The van der Waals surface area contributed by atoms with Crippen LogP contribution in [0.1, 0.15) is 34.6 Å². The molecule has 0 bridgehead atoms. The Kier molecular flexibility index (Phi) is 6.73. The smallest absolute Gasteiger partial charge is 0.338 e. The molecule has 0 radical (unpaired) electrons. The van der Waals surface area contributed by atoms with Crippen molar-refractivity contribution in [3.8, 4) is 6.07 Å². The van der Waals surface area contributed by atoms with E-state index in [-0.39, 0.29) is 17.4 Å². The molecule has 0 unspecified atom stereocenters. The zero-order chi connectivity index (χ0) is 19.9. The van der Waals surface area contributed by atoms with E-state index in [0.717, 1.165) is 0 Å². The number of amides is 1. The number of ether oxygens (including phenoxy) is 1. The van der Waals surface area contributed by atoms with Gasteiger partial charge in [0.05, 0.1) is 29.7 Å². The summed E-state index contributed by atoms with van der Waals surface area (Å²) in [4.78, 5) is 23.8. The highest BCUT2D eigenvalue weighted by atomic mass is 32.2. The number of sulfone groups is 1. The molecule has 1 aromatic heterocycles. The maximum absolute atomic E-state index is 12.0. The Morgan fingerprint density at radius 1 is 1.26 bits per heavy atom. The fraction of sp³-hybridized carbons (Fsp3) is 0.278. The molecule has 9 heteroatoms. The van der Waals surface area contributed by atoms with Crippen LogP contribution in [-0.4, -0.2) is 32.7 Å². The lowest BCUT2D eigenvalue weighted by molar-refractivity contribution is -0.125. The predicted molar refractivity (Wildman–Crippen MR) is 95.1 cm³/mol. The molecule has 8 nitrogen and oxygen atoms in total. The number of nitriles is 1. The number of hydrogen-bond acceptors (Lipinski definition) is 7. The van der Waals surface area contributed by atoms with E-state index in [2.05, 4.69) is 5.32 Å². The molecule has 1 heterocycles. The predicted octanol–water partition coefficient (Wildman–Crippen LogP) is 1.75. The number of carbonyl (C=O) groups is 2. The van der Waals surface area contributed by atoms with Crippen LogP contribution >= 0.6 is 0 Å². The van der Waals surface area contributed by atoms with Gasteiger partial charge < -0.3 is 14.5 Å². The molecule has 0 fully saturated rings. The zero-order valence-corrected chi connectivity index (χ0v) is 15.4. The van der Waals surface area contributed by atoms with E-state index >= 15 is 0 Å². The summed E-state index contributed by atoms with van der Waals surface area (Å²) in [5, 5.41) is 11.1. The van der Waals surface area contributed by atoms with Gasteiger partial charge in [0.1, 0.15) is 11.5 Å². The number of benzene rings is 1. The van der Waals surface area contributed by atoms with Crippen LogP contribution in [0.5, 0.6) is 0 Å². The first kappa shape index (κ1) is 20.2. The molecule has 142 valence electrons. The summed E-state index contributed by atoms with van der Waals surface area (Å²) in [6, 6.07) is 10.4. The second-order valence-electron chi connectivity index (χ2n) is 5.77. The number of nitrogens with one attached hydrogen (secondary N) is 1. The molecule has 2 rings (SSSR count). The van der Waals surface area contributed by atoms with Crippen LogP contribution in [-0.2, 0) is 25.1 Å². The van der Waals surface area contributed by atoms with Crippen molar-refractivity contribution in [3.05, 3.63) is 59.5 Å². The number of esters is 1.